The van der Waals surface area contributed by atoms with E-state index in [1.54, 1.807) is 13.0 Å². The molecule has 0 saturated carbocycles. The second-order valence-corrected chi connectivity index (χ2v) is 10.2. The molecule has 1 aliphatic carbocycles. The zero-order valence-electron chi connectivity index (χ0n) is 21.9. The molecule has 0 amide bonds. The van der Waals surface area contributed by atoms with Crippen LogP contribution in [0.25, 0.3) is 0 Å². The lowest BCUT2D eigenvalue weighted by atomic mass is 9.68. The molecule has 2 aromatic carbocycles. The summed E-state index contributed by atoms with van der Waals surface area (Å²) in [6, 6.07) is 4.61. The van der Waals surface area contributed by atoms with Crippen molar-refractivity contribution in [3.63, 3.8) is 0 Å². The Morgan fingerprint density at radius 3 is 2.21 bits per heavy atom. The van der Waals surface area contributed by atoms with E-state index in [9.17, 15) is 31.5 Å². The topological polar surface area (TPSA) is 73.9 Å². The number of carbonyl (C=O) groups excluding carboxylic acids is 2. The molecule has 4 rings (SSSR count). The van der Waals surface area contributed by atoms with Crippen LogP contribution in [0.1, 0.15) is 50.7 Å². The van der Waals surface area contributed by atoms with Crippen molar-refractivity contribution in [3.8, 4) is 11.5 Å². The first-order chi connectivity index (χ1) is 18.3. The number of halogens is 5. The Labute approximate surface area is 221 Å². The van der Waals surface area contributed by atoms with E-state index >= 15 is 0 Å². The summed E-state index contributed by atoms with van der Waals surface area (Å²) in [5.74, 6) is -13.7. The summed E-state index contributed by atoms with van der Waals surface area (Å²) in [6.07, 6.45) is 0.784. The van der Waals surface area contributed by atoms with Gasteiger partial charge in [-0.1, -0.05) is 19.9 Å². The van der Waals surface area contributed by atoms with Crippen LogP contribution in [0.3, 0.4) is 0 Å². The summed E-state index contributed by atoms with van der Waals surface area (Å²) >= 11 is 0. The number of ketones is 1. The number of Topliss-reactive ketones (excluding diaryl/α,β-unsaturated/α-hetero) is 1. The summed E-state index contributed by atoms with van der Waals surface area (Å²) in [6.45, 7) is 4.96. The number of esters is 1. The number of benzene rings is 2. The number of hydrogen-bond donors (Lipinski definition) is 1. The molecule has 0 radical (unpaired) electrons. The molecule has 6 nitrogen and oxygen atoms in total. The van der Waals surface area contributed by atoms with Crippen molar-refractivity contribution in [3.05, 3.63) is 81.0 Å². The van der Waals surface area contributed by atoms with Crippen LogP contribution in [-0.2, 0) is 20.9 Å². The average Bonchev–Trinajstić information content (AvgIpc) is 2.88. The van der Waals surface area contributed by atoms with Gasteiger partial charge in [-0.05, 0) is 36.5 Å². The van der Waals surface area contributed by atoms with E-state index in [-0.39, 0.29) is 34.5 Å². The highest BCUT2D eigenvalue weighted by Gasteiger charge is 2.43. The quantitative estimate of drug-likeness (QED) is 0.214. The molecular formula is C28H26F5NO5. The summed E-state index contributed by atoms with van der Waals surface area (Å²) in [5.41, 5.74) is 2.04. The Hall–Kier alpha value is -3.89. The first kappa shape index (κ1) is 28.1. The molecule has 0 fully saturated rings. The standard InChI is InChI=1S/C28H26F5NO5/c1-12-18(27(36)38-5)19(20-15(34-12)9-28(2,3)10-16(20)35)13-6-7-17(37-4)14(8-13)11-39-26-24(32)22(30)21(29)23(31)25(26)33/h6-8,19,34H,9-11H2,1-5H3. The molecule has 1 aliphatic heterocycles. The lowest BCUT2D eigenvalue weighted by Crippen LogP contribution is -2.38. The Morgan fingerprint density at radius 2 is 1.62 bits per heavy atom. The Kier molecular flexibility index (Phi) is 7.46. The fourth-order valence-electron chi connectivity index (χ4n) is 5.10. The highest BCUT2D eigenvalue weighted by molar-refractivity contribution is 6.04. The second kappa shape index (κ2) is 10.3. The maximum Gasteiger partial charge on any atom is 0.336 e. The molecule has 0 bridgehead atoms. The SMILES string of the molecule is COC(=O)C1=C(C)NC2=C(C(=O)CC(C)(C)C2)C1c1ccc(OC)c(COc2c(F)c(F)c(F)c(F)c2F)c1. The molecule has 1 atom stereocenters. The van der Waals surface area contributed by atoms with Crippen molar-refractivity contribution in [1.82, 2.24) is 5.32 Å². The first-order valence-electron chi connectivity index (χ1n) is 11.9. The van der Waals surface area contributed by atoms with Gasteiger partial charge >= 0.3 is 5.97 Å². The maximum absolute atomic E-state index is 14.2. The van der Waals surface area contributed by atoms with E-state index < -0.39 is 53.3 Å². The van der Waals surface area contributed by atoms with Gasteiger partial charge in [0.15, 0.2) is 11.5 Å². The number of carbonyl (C=O) groups is 2. The van der Waals surface area contributed by atoms with Crippen molar-refractivity contribution in [1.29, 1.82) is 0 Å². The molecule has 208 valence electrons. The number of dihydropyridines is 1. The van der Waals surface area contributed by atoms with E-state index in [0.29, 0.717) is 29.0 Å². The molecule has 1 unspecified atom stereocenters. The van der Waals surface area contributed by atoms with Crippen molar-refractivity contribution < 1.29 is 45.8 Å². The van der Waals surface area contributed by atoms with Gasteiger partial charge in [0.25, 0.3) is 0 Å². The van der Waals surface area contributed by atoms with Crippen molar-refractivity contribution in [2.24, 2.45) is 5.41 Å². The molecule has 2 aromatic rings. The summed E-state index contributed by atoms with van der Waals surface area (Å²) in [4.78, 5) is 26.2. The number of methoxy groups -OCH3 is 2. The number of rotatable bonds is 6. The van der Waals surface area contributed by atoms with Gasteiger partial charge in [0.05, 0.1) is 19.8 Å². The predicted molar refractivity (Wildman–Crippen MR) is 129 cm³/mol. The highest BCUT2D eigenvalue weighted by atomic mass is 19.2. The number of hydrogen-bond acceptors (Lipinski definition) is 6. The fraction of sp³-hybridized carbons (Fsp3) is 0.357. The third-order valence-electron chi connectivity index (χ3n) is 6.82. The van der Waals surface area contributed by atoms with Crippen LogP contribution in [-0.4, -0.2) is 26.0 Å². The van der Waals surface area contributed by atoms with Crippen LogP contribution < -0.4 is 14.8 Å². The Morgan fingerprint density at radius 1 is 1.00 bits per heavy atom. The van der Waals surface area contributed by atoms with E-state index in [4.69, 9.17) is 14.2 Å². The molecule has 39 heavy (non-hydrogen) atoms. The third-order valence-corrected chi connectivity index (χ3v) is 6.82. The zero-order valence-corrected chi connectivity index (χ0v) is 21.9. The predicted octanol–water partition coefficient (Wildman–Crippen LogP) is 5.75. The van der Waals surface area contributed by atoms with Crippen LogP contribution in [0.15, 0.2) is 40.7 Å². The number of allylic oxidation sites excluding steroid dienone is 3. The van der Waals surface area contributed by atoms with Crippen molar-refractivity contribution in [2.75, 3.05) is 14.2 Å². The van der Waals surface area contributed by atoms with E-state index in [1.807, 2.05) is 13.8 Å². The van der Waals surface area contributed by atoms with Crippen molar-refractivity contribution in [2.45, 2.75) is 46.1 Å². The minimum atomic E-state index is -2.30. The minimum Gasteiger partial charge on any atom is -0.496 e. The van der Waals surface area contributed by atoms with Gasteiger partial charge in [-0.15, -0.1) is 0 Å². The van der Waals surface area contributed by atoms with Gasteiger partial charge < -0.3 is 19.5 Å². The van der Waals surface area contributed by atoms with Gasteiger partial charge in [0.2, 0.25) is 29.1 Å². The van der Waals surface area contributed by atoms with Crippen LogP contribution >= 0.6 is 0 Å². The summed E-state index contributed by atoms with van der Waals surface area (Å²) < 4.78 is 84.5. The van der Waals surface area contributed by atoms with Gasteiger partial charge in [-0.3, -0.25) is 4.79 Å². The molecule has 2 aliphatic rings. The van der Waals surface area contributed by atoms with Crippen LogP contribution in [0.2, 0.25) is 0 Å². The monoisotopic (exact) mass is 551 g/mol. The lowest BCUT2D eigenvalue weighted by molar-refractivity contribution is -0.136. The second-order valence-electron chi connectivity index (χ2n) is 10.2. The largest absolute Gasteiger partial charge is 0.496 e. The van der Waals surface area contributed by atoms with Crippen LogP contribution in [0, 0.1) is 34.5 Å². The zero-order chi connectivity index (χ0) is 28.8. The fourth-order valence-corrected chi connectivity index (χ4v) is 5.10. The van der Waals surface area contributed by atoms with Crippen LogP contribution in [0.5, 0.6) is 11.5 Å². The molecule has 0 spiro atoms. The maximum atomic E-state index is 14.2. The first-order valence-corrected chi connectivity index (χ1v) is 11.9. The van der Waals surface area contributed by atoms with Gasteiger partial charge in [-0.2, -0.15) is 8.78 Å². The van der Waals surface area contributed by atoms with Gasteiger partial charge in [0.1, 0.15) is 12.4 Å². The minimum absolute atomic E-state index is 0.164. The smallest absolute Gasteiger partial charge is 0.336 e. The highest BCUT2D eigenvalue weighted by Crippen LogP contribution is 2.47. The summed E-state index contributed by atoms with van der Waals surface area (Å²) in [5, 5.41) is 3.18. The molecule has 11 heteroatoms. The lowest BCUT2D eigenvalue weighted by Gasteiger charge is -2.39. The molecule has 0 saturated heterocycles. The molecule has 1 N–H and O–H groups in total. The molecular weight excluding hydrogens is 525 g/mol. The van der Waals surface area contributed by atoms with E-state index in [2.05, 4.69) is 5.32 Å². The average molecular weight is 552 g/mol. The van der Waals surface area contributed by atoms with E-state index in [1.165, 1.54) is 26.4 Å². The molecule has 1 heterocycles. The Balaban J connectivity index is 1.81. The van der Waals surface area contributed by atoms with Crippen molar-refractivity contribution >= 4 is 11.8 Å². The Bertz CT molecular complexity index is 1420. The summed E-state index contributed by atoms with van der Waals surface area (Å²) in [7, 11) is 2.53. The normalized spacial score (nSPS) is 18.5. The van der Waals surface area contributed by atoms with Crippen LogP contribution in [0.4, 0.5) is 22.0 Å². The third kappa shape index (κ3) is 4.97. The molecule has 0 aromatic heterocycles. The van der Waals surface area contributed by atoms with E-state index in [0.717, 1.165) is 0 Å². The number of ether oxygens (including phenoxy) is 3. The number of nitrogens with one attached hydrogen (secondary N) is 1. The van der Waals surface area contributed by atoms with Gasteiger partial charge in [0, 0.05) is 34.9 Å². The van der Waals surface area contributed by atoms with Gasteiger partial charge in [-0.25, -0.2) is 18.0 Å².